The number of hydrogen-bond donors (Lipinski definition) is 2. The molecule has 1 amide bonds. The van der Waals surface area contributed by atoms with Gasteiger partial charge in [0.2, 0.25) is 5.91 Å². The number of hydrogen-bond acceptors (Lipinski definition) is 5. The van der Waals surface area contributed by atoms with Gasteiger partial charge in [-0.05, 0) is 18.6 Å². The van der Waals surface area contributed by atoms with Crippen LogP contribution in [0.4, 0.5) is 0 Å². The van der Waals surface area contributed by atoms with E-state index in [0.717, 1.165) is 11.5 Å². The van der Waals surface area contributed by atoms with E-state index < -0.39 is 0 Å². The summed E-state index contributed by atoms with van der Waals surface area (Å²) in [7, 11) is 1.66. The van der Waals surface area contributed by atoms with Crippen LogP contribution in [0.25, 0.3) is 0 Å². The summed E-state index contributed by atoms with van der Waals surface area (Å²) in [5.41, 5.74) is 0. The fourth-order valence-corrected chi connectivity index (χ4v) is 2.58. The Morgan fingerprint density at radius 1 is 1.43 bits per heavy atom. The Balaban J connectivity index is 1.47. The molecule has 1 fully saturated rings. The molecule has 0 saturated carbocycles. The maximum Gasteiger partial charge on any atom is 0.237 e. The van der Waals surface area contributed by atoms with Crippen LogP contribution in [0.5, 0.6) is 11.5 Å². The first-order chi connectivity index (χ1) is 10.3. The summed E-state index contributed by atoms with van der Waals surface area (Å²) in [6.45, 7) is 1.59. The summed E-state index contributed by atoms with van der Waals surface area (Å²) in [6, 6.07) is 7.35. The molecule has 1 aromatic rings. The second-order valence-electron chi connectivity index (χ2n) is 5.30. The maximum atomic E-state index is 12.1. The standard InChI is InChI=1S/C15H20N2O4/c1-19-10-6-12(16-7-10)15(18)17-8-11-9-20-13-4-2-3-5-14(13)21-11/h2-5,10-12,16H,6-9H2,1H3,(H,17,18). The maximum absolute atomic E-state index is 12.1. The summed E-state index contributed by atoms with van der Waals surface area (Å²) in [6.07, 6.45) is 0.651. The predicted octanol–water partition coefficient (Wildman–Crippen LogP) is 0.320. The molecule has 0 spiro atoms. The van der Waals surface area contributed by atoms with Crippen molar-refractivity contribution in [2.24, 2.45) is 0 Å². The van der Waals surface area contributed by atoms with Gasteiger partial charge in [-0.25, -0.2) is 0 Å². The number of carbonyl (C=O) groups excluding carboxylic acids is 1. The quantitative estimate of drug-likeness (QED) is 0.836. The van der Waals surface area contributed by atoms with E-state index in [1.165, 1.54) is 0 Å². The molecule has 3 unspecified atom stereocenters. The molecule has 114 valence electrons. The van der Waals surface area contributed by atoms with Gasteiger partial charge in [0.25, 0.3) is 0 Å². The van der Waals surface area contributed by atoms with Crippen molar-refractivity contribution in [2.45, 2.75) is 24.7 Å². The van der Waals surface area contributed by atoms with Crippen molar-refractivity contribution < 1.29 is 19.0 Å². The summed E-state index contributed by atoms with van der Waals surface area (Å²) in [5, 5.41) is 6.06. The van der Waals surface area contributed by atoms with E-state index in [9.17, 15) is 4.79 Å². The van der Waals surface area contributed by atoms with Crippen molar-refractivity contribution in [3.05, 3.63) is 24.3 Å². The van der Waals surface area contributed by atoms with Crippen LogP contribution >= 0.6 is 0 Å². The van der Waals surface area contributed by atoms with Crippen molar-refractivity contribution in [3.8, 4) is 11.5 Å². The van der Waals surface area contributed by atoms with Gasteiger partial charge in [-0.15, -0.1) is 0 Å². The molecule has 3 atom stereocenters. The molecular formula is C15H20N2O4. The van der Waals surface area contributed by atoms with E-state index in [0.29, 0.717) is 26.1 Å². The van der Waals surface area contributed by atoms with Gasteiger partial charge in [0.05, 0.1) is 18.7 Å². The molecule has 0 aliphatic carbocycles. The third-order valence-electron chi connectivity index (χ3n) is 3.81. The van der Waals surface area contributed by atoms with E-state index in [4.69, 9.17) is 14.2 Å². The second-order valence-corrected chi connectivity index (χ2v) is 5.30. The first-order valence-electron chi connectivity index (χ1n) is 7.18. The molecule has 0 bridgehead atoms. The van der Waals surface area contributed by atoms with Crippen molar-refractivity contribution in [1.82, 2.24) is 10.6 Å². The van der Waals surface area contributed by atoms with E-state index in [2.05, 4.69) is 10.6 Å². The fraction of sp³-hybridized carbons (Fsp3) is 0.533. The third-order valence-corrected chi connectivity index (χ3v) is 3.81. The van der Waals surface area contributed by atoms with Crippen LogP contribution in [0.15, 0.2) is 24.3 Å². The zero-order chi connectivity index (χ0) is 14.7. The highest BCUT2D eigenvalue weighted by Crippen LogP contribution is 2.30. The summed E-state index contributed by atoms with van der Waals surface area (Å²) >= 11 is 0. The Morgan fingerprint density at radius 2 is 2.24 bits per heavy atom. The highest BCUT2D eigenvalue weighted by molar-refractivity contribution is 5.82. The van der Waals surface area contributed by atoms with Crippen LogP contribution in [-0.4, -0.2) is 51.0 Å². The van der Waals surface area contributed by atoms with Crippen LogP contribution in [-0.2, 0) is 9.53 Å². The number of fused-ring (bicyclic) bond motifs is 1. The van der Waals surface area contributed by atoms with Crippen LogP contribution in [0, 0.1) is 0 Å². The smallest absolute Gasteiger partial charge is 0.237 e. The molecule has 6 nitrogen and oxygen atoms in total. The Labute approximate surface area is 123 Å². The first kappa shape index (κ1) is 14.2. The molecular weight excluding hydrogens is 272 g/mol. The number of amides is 1. The minimum atomic E-state index is -0.188. The molecule has 1 saturated heterocycles. The Morgan fingerprint density at radius 3 is 3.00 bits per heavy atom. The lowest BCUT2D eigenvalue weighted by molar-refractivity contribution is -0.123. The first-order valence-corrected chi connectivity index (χ1v) is 7.18. The van der Waals surface area contributed by atoms with Gasteiger partial charge in [0.1, 0.15) is 12.7 Å². The zero-order valence-corrected chi connectivity index (χ0v) is 12.0. The largest absolute Gasteiger partial charge is 0.486 e. The average molecular weight is 292 g/mol. The highest BCUT2D eigenvalue weighted by Gasteiger charge is 2.30. The summed E-state index contributed by atoms with van der Waals surface area (Å²) in [5.74, 6) is 1.46. The number of ether oxygens (including phenoxy) is 3. The van der Waals surface area contributed by atoms with Gasteiger partial charge in [-0.3, -0.25) is 4.79 Å². The monoisotopic (exact) mass is 292 g/mol. The molecule has 0 radical (unpaired) electrons. The van der Waals surface area contributed by atoms with Gasteiger partial charge in [0, 0.05) is 13.7 Å². The van der Waals surface area contributed by atoms with Crippen LogP contribution in [0.2, 0.25) is 0 Å². The highest BCUT2D eigenvalue weighted by atomic mass is 16.6. The molecule has 6 heteroatoms. The van der Waals surface area contributed by atoms with Gasteiger partial charge < -0.3 is 24.8 Å². The van der Waals surface area contributed by atoms with Crippen molar-refractivity contribution in [2.75, 3.05) is 26.8 Å². The van der Waals surface area contributed by atoms with Crippen molar-refractivity contribution in [3.63, 3.8) is 0 Å². The SMILES string of the molecule is COC1CNC(C(=O)NCC2COc3ccccc3O2)C1. The molecule has 2 aliphatic heterocycles. The van der Waals surface area contributed by atoms with Gasteiger partial charge in [0.15, 0.2) is 11.5 Å². The van der Waals surface area contributed by atoms with Crippen LogP contribution in [0.3, 0.4) is 0 Å². The second kappa shape index (κ2) is 6.32. The van der Waals surface area contributed by atoms with Gasteiger partial charge >= 0.3 is 0 Å². The molecule has 3 rings (SSSR count). The molecule has 0 aromatic heterocycles. The topological polar surface area (TPSA) is 68.8 Å². The predicted molar refractivity (Wildman–Crippen MR) is 76.6 cm³/mol. The van der Waals surface area contributed by atoms with E-state index >= 15 is 0 Å². The average Bonchev–Trinajstić information content (AvgIpc) is 3.01. The zero-order valence-electron chi connectivity index (χ0n) is 12.0. The van der Waals surface area contributed by atoms with E-state index in [1.807, 2.05) is 24.3 Å². The Bertz CT molecular complexity index is 508. The van der Waals surface area contributed by atoms with Crippen LogP contribution in [0.1, 0.15) is 6.42 Å². The molecule has 1 aromatic carbocycles. The number of rotatable bonds is 4. The van der Waals surface area contributed by atoms with Gasteiger partial charge in [-0.1, -0.05) is 12.1 Å². The molecule has 2 aliphatic rings. The number of carbonyl (C=O) groups is 1. The number of para-hydroxylation sites is 2. The number of methoxy groups -OCH3 is 1. The minimum Gasteiger partial charge on any atom is -0.486 e. The van der Waals surface area contributed by atoms with E-state index in [-0.39, 0.29) is 24.2 Å². The lowest BCUT2D eigenvalue weighted by Gasteiger charge is -2.26. The van der Waals surface area contributed by atoms with E-state index in [1.54, 1.807) is 7.11 Å². The fourth-order valence-electron chi connectivity index (χ4n) is 2.58. The number of benzene rings is 1. The van der Waals surface area contributed by atoms with Crippen molar-refractivity contribution in [1.29, 1.82) is 0 Å². The Hall–Kier alpha value is -1.79. The Kier molecular flexibility index (Phi) is 4.26. The molecule has 2 heterocycles. The van der Waals surface area contributed by atoms with Gasteiger partial charge in [-0.2, -0.15) is 0 Å². The lowest BCUT2D eigenvalue weighted by atomic mass is 10.2. The number of nitrogens with one attached hydrogen (secondary N) is 2. The normalized spacial score (nSPS) is 27.4. The summed E-state index contributed by atoms with van der Waals surface area (Å²) < 4.78 is 16.7. The lowest BCUT2D eigenvalue weighted by Crippen LogP contribution is -2.46. The minimum absolute atomic E-state index is 0.0167. The summed E-state index contributed by atoms with van der Waals surface area (Å²) in [4.78, 5) is 12.1. The molecule has 2 N–H and O–H groups in total. The van der Waals surface area contributed by atoms with Crippen molar-refractivity contribution >= 4 is 5.91 Å². The third kappa shape index (κ3) is 3.28. The van der Waals surface area contributed by atoms with Crippen LogP contribution < -0.4 is 20.1 Å². The molecule has 21 heavy (non-hydrogen) atoms.